The summed E-state index contributed by atoms with van der Waals surface area (Å²) in [6.45, 7) is 1.78. The van der Waals surface area contributed by atoms with Crippen molar-refractivity contribution in [1.29, 1.82) is 0 Å². The molecule has 0 aromatic carbocycles. The van der Waals surface area contributed by atoms with Crippen LogP contribution in [0.2, 0.25) is 0 Å². The maximum Gasteiger partial charge on any atom is 0.246 e. The molecule has 2 saturated heterocycles. The Morgan fingerprint density at radius 2 is 1.68 bits per heavy atom. The molecule has 2 aliphatic heterocycles. The van der Waals surface area contributed by atoms with E-state index in [1.165, 1.54) is 6.42 Å². The first kappa shape index (κ1) is 14.6. The highest BCUT2D eigenvalue weighted by molar-refractivity contribution is 7.99. The van der Waals surface area contributed by atoms with Crippen molar-refractivity contribution in [2.75, 3.05) is 24.7 Å². The second kappa shape index (κ2) is 5.91. The number of rotatable bonds is 2. The summed E-state index contributed by atoms with van der Waals surface area (Å²) in [4.78, 5) is 29.4. The molecule has 0 aromatic heterocycles. The first-order valence-electron chi connectivity index (χ1n) is 8.56. The van der Waals surface area contributed by atoms with Crippen LogP contribution in [0.5, 0.6) is 0 Å². The Hall–Kier alpha value is -0.970. The summed E-state index contributed by atoms with van der Waals surface area (Å²) >= 11 is 1.73. The highest BCUT2D eigenvalue weighted by atomic mass is 32.2. The van der Waals surface area contributed by atoms with Gasteiger partial charge < -0.3 is 9.80 Å². The lowest BCUT2D eigenvalue weighted by atomic mass is 9.84. The lowest BCUT2D eigenvalue weighted by molar-refractivity contribution is -0.146. The van der Waals surface area contributed by atoms with Crippen molar-refractivity contribution in [3.63, 3.8) is 0 Å². The number of thioether (sulfide) groups is 1. The molecule has 0 bridgehead atoms. The van der Waals surface area contributed by atoms with Gasteiger partial charge in [0.25, 0.3) is 0 Å². The Kier molecular flexibility index (Phi) is 3.93. The Morgan fingerprint density at radius 1 is 1.00 bits per heavy atom. The van der Waals surface area contributed by atoms with Crippen LogP contribution in [0.1, 0.15) is 32.1 Å². The maximum atomic E-state index is 12.9. The summed E-state index contributed by atoms with van der Waals surface area (Å²) in [7, 11) is 0. The molecule has 2 amide bonds. The average Bonchev–Trinajstić information content (AvgIpc) is 3.11. The summed E-state index contributed by atoms with van der Waals surface area (Å²) in [6, 6.07) is -0.203. The largest absolute Gasteiger partial charge is 0.340 e. The molecule has 4 nitrogen and oxygen atoms in total. The lowest BCUT2D eigenvalue weighted by Gasteiger charge is -2.33. The molecule has 120 valence electrons. The van der Waals surface area contributed by atoms with E-state index >= 15 is 0 Å². The van der Waals surface area contributed by atoms with E-state index in [1.54, 1.807) is 11.8 Å². The van der Waals surface area contributed by atoms with E-state index in [0.29, 0.717) is 17.7 Å². The molecule has 0 N–H and O–H groups in total. The third-order valence-corrected chi connectivity index (χ3v) is 6.85. The number of hydrogen-bond acceptors (Lipinski definition) is 3. The molecule has 22 heavy (non-hydrogen) atoms. The van der Waals surface area contributed by atoms with E-state index in [4.69, 9.17) is 0 Å². The van der Waals surface area contributed by atoms with Crippen LogP contribution in [0, 0.1) is 17.8 Å². The number of amides is 2. The minimum absolute atomic E-state index is 0.194. The first-order chi connectivity index (χ1) is 10.7. The maximum absolute atomic E-state index is 12.9. The van der Waals surface area contributed by atoms with Gasteiger partial charge in [0.1, 0.15) is 6.04 Å². The van der Waals surface area contributed by atoms with Crippen molar-refractivity contribution < 1.29 is 9.59 Å². The van der Waals surface area contributed by atoms with Gasteiger partial charge in [0.15, 0.2) is 0 Å². The van der Waals surface area contributed by atoms with Crippen molar-refractivity contribution in [3.05, 3.63) is 12.2 Å². The van der Waals surface area contributed by atoms with E-state index in [9.17, 15) is 9.59 Å². The molecule has 3 unspecified atom stereocenters. The van der Waals surface area contributed by atoms with Crippen molar-refractivity contribution in [2.45, 2.75) is 38.1 Å². The first-order valence-corrected chi connectivity index (χ1v) is 9.71. The molecule has 1 saturated carbocycles. The van der Waals surface area contributed by atoms with Crippen LogP contribution < -0.4 is 0 Å². The summed E-state index contributed by atoms with van der Waals surface area (Å²) in [5.41, 5.74) is 0. The number of allylic oxidation sites excluding steroid dienone is 2. The van der Waals surface area contributed by atoms with Gasteiger partial charge in [0, 0.05) is 24.8 Å². The van der Waals surface area contributed by atoms with Gasteiger partial charge in [0.2, 0.25) is 11.8 Å². The minimum Gasteiger partial charge on any atom is -0.340 e. The molecule has 3 atom stereocenters. The van der Waals surface area contributed by atoms with Gasteiger partial charge in [-0.2, -0.15) is 0 Å². The summed E-state index contributed by atoms with van der Waals surface area (Å²) in [6.07, 6.45) is 9.93. The second-order valence-electron chi connectivity index (χ2n) is 7.16. The van der Waals surface area contributed by atoms with Crippen molar-refractivity contribution >= 4 is 23.6 Å². The normalized spacial score (nSPS) is 34.6. The molecule has 5 heteroatoms. The fourth-order valence-corrected chi connectivity index (χ4v) is 5.31. The number of likely N-dealkylation sites (tertiary alicyclic amines) is 1. The second-order valence-corrected chi connectivity index (χ2v) is 8.16. The quantitative estimate of drug-likeness (QED) is 0.732. The van der Waals surface area contributed by atoms with Gasteiger partial charge >= 0.3 is 0 Å². The van der Waals surface area contributed by atoms with E-state index in [2.05, 4.69) is 12.2 Å². The van der Waals surface area contributed by atoms with Crippen LogP contribution in [0.3, 0.4) is 0 Å². The predicted molar refractivity (Wildman–Crippen MR) is 87.2 cm³/mol. The van der Waals surface area contributed by atoms with Crippen molar-refractivity contribution in [3.8, 4) is 0 Å². The van der Waals surface area contributed by atoms with Crippen LogP contribution in [-0.2, 0) is 9.59 Å². The molecule has 0 aromatic rings. The fourth-order valence-electron chi connectivity index (χ4n) is 4.16. The third-order valence-electron chi connectivity index (χ3n) is 5.84. The smallest absolute Gasteiger partial charge is 0.246 e. The SMILES string of the molecule is O=C(C1CSCN1C(=O)C1CCC1)N1CC2CC=CCC2C1. The van der Waals surface area contributed by atoms with Crippen molar-refractivity contribution in [1.82, 2.24) is 9.80 Å². The summed E-state index contributed by atoms with van der Waals surface area (Å²) in [5, 5.41) is 0. The average molecular weight is 320 g/mol. The zero-order valence-corrected chi connectivity index (χ0v) is 13.8. The molecular weight excluding hydrogens is 296 g/mol. The van der Waals surface area contributed by atoms with Crippen LogP contribution in [0.15, 0.2) is 12.2 Å². The minimum atomic E-state index is -0.203. The lowest BCUT2D eigenvalue weighted by Crippen LogP contribution is -2.50. The third kappa shape index (κ3) is 2.47. The standard InChI is InChI=1S/C17H24N2O2S/c20-16(12-6-3-7-12)19-11-22-10-15(19)17(21)18-8-13-4-1-2-5-14(13)9-18/h1-2,12-15H,3-11H2. The Morgan fingerprint density at radius 3 is 2.27 bits per heavy atom. The zero-order valence-electron chi connectivity index (χ0n) is 12.9. The Bertz CT molecular complexity index is 487. The highest BCUT2D eigenvalue weighted by Crippen LogP contribution is 2.36. The molecule has 3 fully saturated rings. The molecule has 4 aliphatic rings. The summed E-state index contributed by atoms with van der Waals surface area (Å²) in [5.74, 6) is 3.38. The Labute approximate surface area is 136 Å². The monoisotopic (exact) mass is 320 g/mol. The van der Waals surface area contributed by atoms with Gasteiger partial charge in [-0.1, -0.05) is 18.6 Å². The zero-order chi connectivity index (χ0) is 15.1. The van der Waals surface area contributed by atoms with Crippen LogP contribution in [0.4, 0.5) is 0 Å². The van der Waals surface area contributed by atoms with Gasteiger partial charge in [0.05, 0.1) is 5.88 Å². The highest BCUT2D eigenvalue weighted by Gasteiger charge is 2.43. The number of carbonyl (C=O) groups is 2. The molecule has 2 heterocycles. The van der Waals surface area contributed by atoms with Gasteiger partial charge in [-0.15, -0.1) is 11.8 Å². The number of nitrogens with zero attached hydrogens (tertiary/aromatic N) is 2. The van der Waals surface area contributed by atoms with Crippen LogP contribution in [-0.4, -0.2) is 52.4 Å². The fraction of sp³-hybridized carbons (Fsp3) is 0.765. The predicted octanol–water partition coefficient (Wildman–Crippen LogP) is 2.11. The summed E-state index contributed by atoms with van der Waals surface area (Å²) < 4.78 is 0. The molecule has 4 rings (SSSR count). The van der Waals surface area contributed by atoms with E-state index < -0.39 is 0 Å². The topological polar surface area (TPSA) is 40.6 Å². The van der Waals surface area contributed by atoms with Crippen LogP contribution >= 0.6 is 11.8 Å². The van der Waals surface area contributed by atoms with Crippen LogP contribution in [0.25, 0.3) is 0 Å². The van der Waals surface area contributed by atoms with E-state index in [0.717, 1.165) is 44.5 Å². The number of hydrogen-bond donors (Lipinski definition) is 0. The van der Waals surface area contributed by atoms with Crippen molar-refractivity contribution in [2.24, 2.45) is 17.8 Å². The van der Waals surface area contributed by atoms with Gasteiger partial charge in [-0.3, -0.25) is 9.59 Å². The molecule has 0 radical (unpaired) electrons. The van der Waals surface area contributed by atoms with Gasteiger partial charge in [-0.05, 0) is 37.5 Å². The molecule has 2 aliphatic carbocycles. The molecule has 0 spiro atoms. The van der Waals surface area contributed by atoms with E-state index in [-0.39, 0.29) is 23.8 Å². The van der Waals surface area contributed by atoms with Gasteiger partial charge in [-0.25, -0.2) is 0 Å². The number of fused-ring (bicyclic) bond motifs is 1. The molecular formula is C17H24N2O2S. The number of carbonyl (C=O) groups excluding carboxylic acids is 2. The van der Waals surface area contributed by atoms with E-state index in [1.807, 2.05) is 9.80 Å². The Balaban J connectivity index is 1.42.